The van der Waals surface area contributed by atoms with Crippen LogP contribution in [0.5, 0.6) is 0 Å². The van der Waals surface area contributed by atoms with E-state index in [4.69, 9.17) is 0 Å². The third-order valence-corrected chi connectivity index (χ3v) is 2.07. The lowest BCUT2D eigenvalue weighted by molar-refractivity contribution is 0.884. The first-order valence-corrected chi connectivity index (χ1v) is 4.47. The molecule has 0 saturated heterocycles. The Morgan fingerprint density at radius 2 is 2.45 bits per heavy atom. The van der Waals surface area contributed by atoms with Crippen LogP contribution in [-0.4, -0.2) is 19.1 Å². The highest BCUT2D eigenvalue weighted by atomic mass is 79.9. The summed E-state index contributed by atoms with van der Waals surface area (Å²) in [6.07, 6.45) is 7.17. The smallest absolute Gasteiger partial charge is 0.122 e. The Hall–Kier alpha value is -0.440. The Kier molecular flexibility index (Phi) is 3.49. The number of rotatable bonds is 0. The Morgan fingerprint density at radius 3 is 3.18 bits per heavy atom. The van der Waals surface area contributed by atoms with Gasteiger partial charge < -0.3 is 0 Å². The zero-order valence-electron chi connectivity index (χ0n) is 6.55. The fraction of sp³-hybridized carbons (Fsp3) is 0.500. The van der Waals surface area contributed by atoms with Crippen molar-refractivity contribution in [2.45, 2.75) is 19.3 Å². The quantitative estimate of drug-likeness (QED) is 0.593. The van der Waals surface area contributed by atoms with Gasteiger partial charge in [0.1, 0.15) is 5.84 Å². The maximum Gasteiger partial charge on any atom is 0.122 e. The molecule has 1 aliphatic heterocycles. The molecule has 60 valence electrons. The largest absolute Gasteiger partial charge is 0.274 e. The van der Waals surface area contributed by atoms with Crippen LogP contribution in [0.3, 0.4) is 0 Å². The average Bonchev–Trinajstić information content (AvgIpc) is 1.98. The van der Waals surface area contributed by atoms with E-state index in [1.807, 2.05) is 6.21 Å². The first-order chi connectivity index (χ1) is 5.33. The van der Waals surface area contributed by atoms with Gasteiger partial charge in [0.15, 0.2) is 0 Å². The second kappa shape index (κ2) is 4.44. The number of hydrogen-bond acceptors (Lipinski definition) is 1. The lowest BCUT2D eigenvalue weighted by Crippen LogP contribution is -1.96. The van der Waals surface area contributed by atoms with Crippen molar-refractivity contribution in [3.05, 3.63) is 10.6 Å². The van der Waals surface area contributed by atoms with Gasteiger partial charge in [0.05, 0.1) is 0 Å². The van der Waals surface area contributed by atoms with Crippen molar-refractivity contribution in [3.63, 3.8) is 0 Å². The van der Waals surface area contributed by atoms with Crippen LogP contribution in [0.15, 0.2) is 20.5 Å². The molecule has 0 aromatic carbocycles. The van der Waals surface area contributed by atoms with Crippen molar-refractivity contribution in [2.75, 3.05) is 7.05 Å². The lowest BCUT2D eigenvalue weighted by atomic mass is 10.2. The molecule has 0 aromatic rings. The molecular formula is C8H11BrN2. The molecule has 0 amide bonds. The second-order valence-corrected chi connectivity index (χ2v) is 3.29. The summed E-state index contributed by atoms with van der Waals surface area (Å²) in [6, 6.07) is 0. The Bertz CT molecular complexity index is 216. The van der Waals surface area contributed by atoms with Gasteiger partial charge >= 0.3 is 0 Å². The summed E-state index contributed by atoms with van der Waals surface area (Å²) in [4.78, 5) is 8.25. The first-order valence-electron chi connectivity index (χ1n) is 3.68. The second-order valence-electron chi connectivity index (χ2n) is 2.38. The molecule has 0 radical (unpaired) electrons. The van der Waals surface area contributed by atoms with Crippen molar-refractivity contribution < 1.29 is 0 Å². The first kappa shape index (κ1) is 8.65. The zero-order valence-corrected chi connectivity index (χ0v) is 8.13. The van der Waals surface area contributed by atoms with Crippen LogP contribution in [-0.2, 0) is 0 Å². The number of halogens is 1. The van der Waals surface area contributed by atoms with Gasteiger partial charge in [-0.2, -0.15) is 0 Å². The van der Waals surface area contributed by atoms with Gasteiger partial charge in [0.2, 0.25) is 0 Å². The molecule has 3 heteroatoms. The van der Waals surface area contributed by atoms with Crippen molar-refractivity contribution >= 4 is 28.0 Å². The average molecular weight is 215 g/mol. The topological polar surface area (TPSA) is 24.7 Å². The molecule has 0 bridgehead atoms. The predicted molar refractivity (Wildman–Crippen MR) is 52.7 cm³/mol. The standard InChI is InChI=1S/C8H11BrN2/c1-10-8-5-3-2-4-7(9)6-11-8/h4,6H,2-3,5H2,1H3/b7-4+,10-8?,11-6?. The van der Waals surface area contributed by atoms with Crippen molar-refractivity contribution in [2.24, 2.45) is 9.98 Å². The third-order valence-electron chi connectivity index (χ3n) is 1.54. The van der Waals surface area contributed by atoms with Gasteiger partial charge in [-0.1, -0.05) is 6.08 Å². The molecule has 0 unspecified atom stereocenters. The van der Waals surface area contributed by atoms with Gasteiger partial charge in [-0.3, -0.25) is 4.99 Å². The van der Waals surface area contributed by atoms with Gasteiger partial charge in [-0.25, -0.2) is 4.99 Å². The van der Waals surface area contributed by atoms with Crippen molar-refractivity contribution in [1.29, 1.82) is 0 Å². The summed E-state index contributed by atoms with van der Waals surface area (Å²) in [5.41, 5.74) is 0. The van der Waals surface area contributed by atoms with E-state index in [2.05, 4.69) is 32.0 Å². The van der Waals surface area contributed by atoms with E-state index in [1.54, 1.807) is 7.05 Å². The predicted octanol–water partition coefficient (Wildman–Crippen LogP) is 2.55. The number of allylic oxidation sites excluding steroid dienone is 2. The normalized spacial score (nSPS) is 27.5. The van der Waals surface area contributed by atoms with Crippen molar-refractivity contribution in [1.82, 2.24) is 0 Å². The van der Waals surface area contributed by atoms with Crippen LogP contribution in [0.4, 0.5) is 0 Å². The molecule has 0 aromatic heterocycles. The third kappa shape index (κ3) is 2.97. The minimum absolute atomic E-state index is 0.940. The molecule has 0 aliphatic carbocycles. The SMILES string of the molecule is CN=C1CCC/C=C(/Br)C=N1. The maximum atomic E-state index is 4.19. The van der Waals surface area contributed by atoms with Gasteiger partial charge in [0.25, 0.3) is 0 Å². The molecule has 1 rings (SSSR count). The van der Waals surface area contributed by atoms with Crippen LogP contribution in [0, 0.1) is 0 Å². The Morgan fingerprint density at radius 1 is 1.64 bits per heavy atom. The van der Waals surface area contributed by atoms with Crippen molar-refractivity contribution in [3.8, 4) is 0 Å². The Balaban J connectivity index is 2.71. The van der Waals surface area contributed by atoms with Crippen LogP contribution >= 0.6 is 15.9 Å². The van der Waals surface area contributed by atoms with Gasteiger partial charge in [-0.05, 0) is 28.8 Å². The van der Waals surface area contributed by atoms with Gasteiger partial charge in [0, 0.05) is 24.2 Å². The summed E-state index contributed by atoms with van der Waals surface area (Å²) in [5.74, 6) is 0.940. The van der Waals surface area contributed by atoms with Crippen LogP contribution < -0.4 is 0 Å². The number of nitrogens with zero attached hydrogens (tertiary/aromatic N) is 2. The molecule has 0 fully saturated rings. The highest BCUT2D eigenvalue weighted by Gasteiger charge is 1.98. The van der Waals surface area contributed by atoms with E-state index in [0.29, 0.717) is 0 Å². The molecule has 0 atom stereocenters. The fourth-order valence-corrected chi connectivity index (χ4v) is 1.25. The lowest BCUT2D eigenvalue weighted by Gasteiger charge is -2.01. The fourth-order valence-electron chi connectivity index (χ4n) is 0.923. The van der Waals surface area contributed by atoms with E-state index in [9.17, 15) is 0 Å². The van der Waals surface area contributed by atoms with Crippen LogP contribution in [0.2, 0.25) is 0 Å². The summed E-state index contributed by atoms with van der Waals surface area (Å²) < 4.78 is 1.05. The molecule has 1 aliphatic rings. The molecular weight excluding hydrogens is 204 g/mol. The van der Waals surface area contributed by atoms with E-state index in [-0.39, 0.29) is 0 Å². The molecule has 0 N–H and O–H groups in total. The molecule has 11 heavy (non-hydrogen) atoms. The summed E-state index contributed by atoms with van der Waals surface area (Å²) in [5, 5.41) is 0. The maximum absolute atomic E-state index is 4.19. The minimum atomic E-state index is 0.940. The number of hydrogen-bond donors (Lipinski definition) is 0. The van der Waals surface area contributed by atoms with Crippen LogP contribution in [0.25, 0.3) is 0 Å². The van der Waals surface area contributed by atoms with E-state index >= 15 is 0 Å². The Labute approximate surface area is 75.3 Å². The zero-order chi connectivity index (χ0) is 8.10. The van der Waals surface area contributed by atoms with E-state index < -0.39 is 0 Å². The minimum Gasteiger partial charge on any atom is -0.274 e. The van der Waals surface area contributed by atoms with Gasteiger partial charge in [-0.15, -0.1) is 0 Å². The van der Waals surface area contributed by atoms with Crippen LogP contribution in [0.1, 0.15) is 19.3 Å². The number of aliphatic imine (C=N–C) groups is 2. The molecule has 0 saturated carbocycles. The number of amidine groups is 1. The summed E-state index contributed by atoms with van der Waals surface area (Å²) in [7, 11) is 1.78. The highest BCUT2D eigenvalue weighted by Crippen LogP contribution is 2.10. The van der Waals surface area contributed by atoms with E-state index in [0.717, 1.165) is 29.6 Å². The van der Waals surface area contributed by atoms with E-state index in [1.165, 1.54) is 0 Å². The molecule has 0 spiro atoms. The summed E-state index contributed by atoms with van der Waals surface area (Å²) >= 11 is 3.39. The monoisotopic (exact) mass is 214 g/mol. The highest BCUT2D eigenvalue weighted by molar-refractivity contribution is 9.12. The molecule has 1 heterocycles. The molecule has 2 nitrogen and oxygen atoms in total. The summed E-state index contributed by atoms with van der Waals surface area (Å²) in [6.45, 7) is 0.